The third-order valence-electron chi connectivity index (χ3n) is 4.36. The number of carboxylic acid groups (broad SMARTS) is 2. The number of aromatic amines is 1. The number of pyridine rings is 1. The maximum atomic E-state index is 12.1. The van der Waals surface area contributed by atoms with Gasteiger partial charge < -0.3 is 30.2 Å². The zero-order valence-corrected chi connectivity index (χ0v) is 15.5. The highest BCUT2D eigenvalue weighted by atomic mass is 16.5. The topological polar surface area (TPSA) is 169 Å². The lowest BCUT2D eigenvalue weighted by Crippen LogP contribution is -2.24. The number of aromatic nitrogens is 2. The van der Waals surface area contributed by atoms with Crippen molar-refractivity contribution in [2.75, 3.05) is 5.73 Å². The second-order valence-electron chi connectivity index (χ2n) is 6.22. The van der Waals surface area contributed by atoms with E-state index in [0.29, 0.717) is 17.2 Å². The summed E-state index contributed by atoms with van der Waals surface area (Å²) in [7, 11) is 0. The van der Waals surface area contributed by atoms with E-state index in [1.807, 2.05) is 0 Å². The number of nitrogen functional groups attached to an aromatic ring is 1. The van der Waals surface area contributed by atoms with Crippen molar-refractivity contribution in [2.24, 2.45) is 0 Å². The van der Waals surface area contributed by atoms with Crippen LogP contribution in [0.3, 0.4) is 0 Å². The van der Waals surface area contributed by atoms with Crippen molar-refractivity contribution in [3.05, 3.63) is 62.8 Å². The quantitative estimate of drug-likeness (QED) is 0.485. The first kappa shape index (κ1) is 19.7. The van der Waals surface area contributed by atoms with E-state index in [1.165, 1.54) is 12.1 Å². The number of H-pyrrole nitrogens is 1. The SMILES string of the molecule is Cc1noc(C)c1COc1cccc(-c2c(C(=O)O)c(N)[nH]c(=O)c2C(=O)O)c1. The monoisotopic (exact) mass is 399 g/mol. The number of hydrogen-bond acceptors (Lipinski definition) is 7. The smallest absolute Gasteiger partial charge is 0.342 e. The summed E-state index contributed by atoms with van der Waals surface area (Å²) in [5.74, 6) is -2.56. The first-order chi connectivity index (χ1) is 13.7. The van der Waals surface area contributed by atoms with Crippen LogP contribution in [0.2, 0.25) is 0 Å². The molecule has 1 aromatic carbocycles. The van der Waals surface area contributed by atoms with Crippen LogP contribution in [-0.2, 0) is 6.61 Å². The van der Waals surface area contributed by atoms with Crippen LogP contribution < -0.4 is 16.0 Å². The molecule has 0 saturated carbocycles. The minimum atomic E-state index is -1.58. The number of carbonyl (C=O) groups is 2. The lowest BCUT2D eigenvalue weighted by atomic mass is 9.95. The summed E-state index contributed by atoms with van der Waals surface area (Å²) in [4.78, 5) is 37.5. The Kier molecular flexibility index (Phi) is 5.09. The second kappa shape index (κ2) is 7.50. The lowest BCUT2D eigenvalue weighted by molar-refractivity contribution is 0.0695. The van der Waals surface area contributed by atoms with E-state index < -0.39 is 34.4 Å². The molecular formula is C19H17N3O7. The molecule has 5 N–H and O–H groups in total. The van der Waals surface area contributed by atoms with Gasteiger partial charge in [-0.05, 0) is 31.5 Å². The summed E-state index contributed by atoms with van der Waals surface area (Å²) in [5.41, 5.74) is 4.70. The van der Waals surface area contributed by atoms with E-state index in [0.717, 1.165) is 5.56 Å². The molecule has 29 heavy (non-hydrogen) atoms. The molecule has 10 heteroatoms. The number of hydrogen-bond donors (Lipinski definition) is 4. The van der Waals surface area contributed by atoms with Gasteiger partial charge >= 0.3 is 11.9 Å². The number of rotatable bonds is 6. The molecule has 0 amide bonds. The zero-order chi connectivity index (χ0) is 21.3. The standard InChI is InChI=1S/C19H17N3O7/c1-8-12(9(2)29-22-8)7-28-11-5-3-4-10(6-11)13-14(18(24)25)16(20)21-17(23)15(13)19(26)27/h3-6H,7H2,1-2H3,(H,24,25)(H,26,27)(H3,20,21,23). The van der Waals surface area contributed by atoms with E-state index in [1.54, 1.807) is 26.0 Å². The molecule has 0 saturated heterocycles. The number of carboxylic acids is 2. The molecule has 0 unspecified atom stereocenters. The molecular weight excluding hydrogens is 382 g/mol. The number of aryl methyl sites for hydroxylation is 2. The molecule has 0 atom stereocenters. The normalized spacial score (nSPS) is 10.7. The van der Waals surface area contributed by atoms with Crippen LogP contribution in [0.25, 0.3) is 11.1 Å². The Hall–Kier alpha value is -4.08. The minimum Gasteiger partial charge on any atom is -0.489 e. The summed E-state index contributed by atoms with van der Waals surface area (Å²) in [6.45, 7) is 3.65. The zero-order valence-electron chi connectivity index (χ0n) is 15.5. The fourth-order valence-corrected chi connectivity index (χ4v) is 2.94. The highest BCUT2D eigenvalue weighted by molar-refractivity contribution is 6.07. The van der Waals surface area contributed by atoms with Gasteiger partial charge in [0.15, 0.2) is 0 Å². The van der Waals surface area contributed by atoms with Crippen LogP contribution in [0.1, 0.15) is 37.7 Å². The van der Waals surface area contributed by atoms with Gasteiger partial charge in [-0.25, -0.2) is 9.59 Å². The van der Waals surface area contributed by atoms with Crippen molar-refractivity contribution in [2.45, 2.75) is 20.5 Å². The Bertz CT molecular complexity index is 1160. The Labute approximate surface area is 163 Å². The van der Waals surface area contributed by atoms with Crippen molar-refractivity contribution in [1.82, 2.24) is 10.1 Å². The Morgan fingerprint density at radius 2 is 1.90 bits per heavy atom. The average molecular weight is 399 g/mol. The number of ether oxygens (including phenoxy) is 1. The first-order valence-corrected chi connectivity index (χ1v) is 8.38. The van der Waals surface area contributed by atoms with E-state index >= 15 is 0 Å². The van der Waals surface area contributed by atoms with Gasteiger partial charge in [0.2, 0.25) is 0 Å². The molecule has 3 rings (SSSR count). The van der Waals surface area contributed by atoms with Crippen LogP contribution in [0.4, 0.5) is 5.82 Å². The predicted octanol–water partition coefficient (Wildman–Crippen LogP) is 2.20. The molecule has 2 aromatic heterocycles. The average Bonchev–Trinajstić information content (AvgIpc) is 2.96. The third kappa shape index (κ3) is 3.68. The number of anilines is 1. The first-order valence-electron chi connectivity index (χ1n) is 8.38. The van der Waals surface area contributed by atoms with Crippen molar-refractivity contribution in [1.29, 1.82) is 0 Å². The van der Waals surface area contributed by atoms with Gasteiger partial charge in [-0.15, -0.1) is 0 Å². The fourth-order valence-electron chi connectivity index (χ4n) is 2.94. The second-order valence-corrected chi connectivity index (χ2v) is 6.22. The Morgan fingerprint density at radius 3 is 2.48 bits per heavy atom. The number of nitrogens with one attached hydrogen (secondary N) is 1. The summed E-state index contributed by atoms with van der Waals surface area (Å²) < 4.78 is 10.8. The lowest BCUT2D eigenvalue weighted by Gasteiger charge is -2.13. The van der Waals surface area contributed by atoms with Gasteiger partial charge in [-0.3, -0.25) is 4.79 Å². The molecule has 0 radical (unpaired) electrons. The van der Waals surface area contributed by atoms with Gasteiger partial charge in [-0.1, -0.05) is 17.3 Å². The van der Waals surface area contributed by atoms with E-state index in [4.69, 9.17) is 15.0 Å². The van der Waals surface area contributed by atoms with Crippen molar-refractivity contribution in [3.8, 4) is 16.9 Å². The van der Waals surface area contributed by atoms with Gasteiger partial charge in [0, 0.05) is 5.56 Å². The van der Waals surface area contributed by atoms with E-state index in [2.05, 4.69) is 10.1 Å². The molecule has 0 aliphatic rings. The Balaban J connectivity index is 2.10. The molecule has 0 bridgehead atoms. The van der Waals surface area contributed by atoms with Crippen LogP contribution >= 0.6 is 0 Å². The third-order valence-corrected chi connectivity index (χ3v) is 4.36. The summed E-state index contributed by atoms with van der Waals surface area (Å²) >= 11 is 0. The van der Waals surface area contributed by atoms with Crippen LogP contribution in [0.5, 0.6) is 5.75 Å². The van der Waals surface area contributed by atoms with Crippen LogP contribution in [0, 0.1) is 13.8 Å². The fraction of sp³-hybridized carbons (Fsp3) is 0.158. The molecule has 2 heterocycles. The maximum absolute atomic E-state index is 12.1. The number of benzene rings is 1. The Morgan fingerprint density at radius 1 is 1.21 bits per heavy atom. The highest BCUT2D eigenvalue weighted by Crippen LogP contribution is 2.31. The maximum Gasteiger partial charge on any atom is 0.342 e. The highest BCUT2D eigenvalue weighted by Gasteiger charge is 2.26. The summed E-state index contributed by atoms with van der Waals surface area (Å²) in [6, 6.07) is 6.06. The van der Waals surface area contributed by atoms with Gasteiger partial charge in [0.25, 0.3) is 5.56 Å². The summed E-state index contributed by atoms with van der Waals surface area (Å²) in [5, 5.41) is 22.8. The largest absolute Gasteiger partial charge is 0.489 e. The molecule has 3 aromatic rings. The number of nitrogens with zero attached hydrogens (tertiary/aromatic N) is 1. The van der Waals surface area contributed by atoms with Crippen molar-refractivity contribution >= 4 is 17.8 Å². The van der Waals surface area contributed by atoms with Gasteiger partial charge in [0.1, 0.15) is 35.1 Å². The van der Waals surface area contributed by atoms with Crippen LogP contribution in [-0.4, -0.2) is 32.3 Å². The summed E-state index contributed by atoms with van der Waals surface area (Å²) in [6.07, 6.45) is 0. The van der Waals surface area contributed by atoms with Crippen molar-refractivity contribution in [3.63, 3.8) is 0 Å². The number of aromatic carboxylic acids is 2. The predicted molar refractivity (Wildman–Crippen MR) is 101 cm³/mol. The van der Waals surface area contributed by atoms with Crippen molar-refractivity contribution < 1.29 is 29.1 Å². The van der Waals surface area contributed by atoms with Crippen LogP contribution in [0.15, 0.2) is 33.6 Å². The molecule has 0 aliphatic carbocycles. The van der Waals surface area contributed by atoms with Gasteiger partial charge in [-0.2, -0.15) is 0 Å². The van der Waals surface area contributed by atoms with E-state index in [9.17, 15) is 24.6 Å². The molecule has 0 spiro atoms. The number of nitrogens with two attached hydrogens (primary N) is 1. The molecule has 0 fully saturated rings. The van der Waals surface area contributed by atoms with E-state index in [-0.39, 0.29) is 17.7 Å². The molecule has 150 valence electrons. The molecule has 10 nitrogen and oxygen atoms in total. The molecule has 0 aliphatic heterocycles. The minimum absolute atomic E-state index is 0.139. The van der Waals surface area contributed by atoms with Gasteiger partial charge in [0.05, 0.1) is 11.3 Å².